The lowest BCUT2D eigenvalue weighted by Crippen LogP contribution is -2.18. The molecule has 3 nitrogen and oxygen atoms in total. The molecule has 108 valence electrons. The van der Waals surface area contributed by atoms with Gasteiger partial charge in [-0.3, -0.25) is 0 Å². The Labute approximate surface area is 132 Å². The number of likely N-dealkylation sites (N-methyl/N-ethyl adjacent to an activating group) is 1. The Morgan fingerprint density at radius 2 is 1.85 bits per heavy atom. The molecule has 1 aromatic heterocycles. The van der Waals surface area contributed by atoms with Gasteiger partial charge in [0.25, 0.3) is 0 Å². The third-order valence-corrected chi connectivity index (χ3v) is 5.87. The second-order valence-electron chi connectivity index (χ2n) is 4.59. The van der Waals surface area contributed by atoms with Gasteiger partial charge in [-0.25, -0.2) is 8.42 Å². The Balaban J connectivity index is 2.19. The summed E-state index contributed by atoms with van der Waals surface area (Å²) in [5.74, 6) is 0. The predicted molar refractivity (Wildman–Crippen MR) is 87.1 cm³/mol. The highest BCUT2D eigenvalue weighted by Gasteiger charge is 2.13. The van der Waals surface area contributed by atoms with E-state index in [1.54, 1.807) is 23.5 Å². The zero-order chi connectivity index (χ0) is 14.8. The number of thiophene rings is 1. The SMILES string of the molecule is CNC(Cc1ccc(Br)s1)c1ccc(S(C)(=O)=O)cc1. The maximum Gasteiger partial charge on any atom is 0.175 e. The van der Waals surface area contributed by atoms with Gasteiger partial charge in [-0.05, 0) is 52.8 Å². The Morgan fingerprint density at radius 3 is 2.30 bits per heavy atom. The lowest BCUT2D eigenvalue weighted by atomic mass is 10.0. The van der Waals surface area contributed by atoms with E-state index < -0.39 is 9.84 Å². The fourth-order valence-corrected chi connectivity index (χ4v) is 4.16. The molecule has 0 saturated heterocycles. The minimum absolute atomic E-state index is 0.175. The van der Waals surface area contributed by atoms with Crippen molar-refractivity contribution in [2.24, 2.45) is 0 Å². The van der Waals surface area contributed by atoms with Crippen LogP contribution in [0, 0.1) is 0 Å². The van der Waals surface area contributed by atoms with Crippen molar-refractivity contribution in [3.05, 3.63) is 50.6 Å². The lowest BCUT2D eigenvalue weighted by molar-refractivity contribution is 0.593. The molecule has 2 aromatic rings. The molecule has 0 saturated carbocycles. The largest absolute Gasteiger partial charge is 0.313 e. The number of hydrogen-bond donors (Lipinski definition) is 1. The summed E-state index contributed by atoms with van der Waals surface area (Å²) in [6.45, 7) is 0. The van der Waals surface area contributed by atoms with Crippen LogP contribution < -0.4 is 5.32 Å². The van der Waals surface area contributed by atoms with Crippen LogP contribution in [0.5, 0.6) is 0 Å². The summed E-state index contributed by atoms with van der Waals surface area (Å²) < 4.78 is 24.0. The Morgan fingerprint density at radius 1 is 1.20 bits per heavy atom. The van der Waals surface area contributed by atoms with Gasteiger partial charge in [0.15, 0.2) is 9.84 Å². The Hall–Kier alpha value is -0.690. The summed E-state index contributed by atoms with van der Waals surface area (Å²) in [4.78, 5) is 1.64. The molecule has 0 fully saturated rings. The third-order valence-electron chi connectivity index (χ3n) is 3.09. The molecular formula is C14H16BrNO2S2. The van der Waals surface area contributed by atoms with Gasteiger partial charge >= 0.3 is 0 Å². The lowest BCUT2D eigenvalue weighted by Gasteiger charge is -2.16. The second-order valence-corrected chi connectivity index (χ2v) is 9.16. The molecule has 1 N–H and O–H groups in total. The Bertz CT molecular complexity index is 677. The normalized spacial score (nSPS) is 13.3. The van der Waals surface area contributed by atoms with E-state index in [1.165, 1.54) is 11.1 Å². The first-order chi connectivity index (χ1) is 9.40. The molecule has 1 unspecified atom stereocenters. The van der Waals surface area contributed by atoms with Crippen LogP contribution in [-0.2, 0) is 16.3 Å². The molecule has 0 aliphatic carbocycles. The molecule has 2 rings (SSSR count). The van der Waals surface area contributed by atoms with Gasteiger partial charge in [-0.2, -0.15) is 0 Å². The van der Waals surface area contributed by atoms with Crippen molar-refractivity contribution in [2.45, 2.75) is 17.4 Å². The van der Waals surface area contributed by atoms with E-state index in [2.05, 4.69) is 27.3 Å². The van der Waals surface area contributed by atoms with E-state index in [1.807, 2.05) is 25.2 Å². The highest BCUT2D eigenvalue weighted by atomic mass is 79.9. The van der Waals surface area contributed by atoms with Crippen molar-refractivity contribution in [1.82, 2.24) is 5.32 Å². The summed E-state index contributed by atoms with van der Waals surface area (Å²) in [6.07, 6.45) is 2.10. The molecule has 1 atom stereocenters. The third kappa shape index (κ3) is 3.91. The monoisotopic (exact) mass is 373 g/mol. The maximum absolute atomic E-state index is 11.5. The quantitative estimate of drug-likeness (QED) is 0.873. The highest BCUT2D eigenvalue weighted by Crippen LogP contribution is 2.27. The van der Waals surface area contributed by atoms with E-state index in [-0.39, 0.29) is 6.04 Å². The molecule has 1 heterocycles. The molecular weight excluding hydrogens is 358 g/mol. The standard InChI is InChI=1S/C14H16BrNO2S2/c1-16-13(9-11-5-8-14(15)19-11)10-3-6-12(7-4-10)20(2,17)18/h3-8,13,16H,9H2,1-2H3. The van der Waals surface area contributed by atoms with Crippen LogP contribution in [0.4, 0.5) is 0 Å². The first-order valence-corrected chi connectivity index (χ1v) is 9.62. The topological polar surface area (TPSA) is 46.2 Å². The minimum atomic E-state index is -3.13. The fraction of sp³-hybridized carbons (Fsp3) is 0.286. The van der Waals surface area contributed by atoms with Crippen LogP contribution in [0.2, 0.25) is 0 Å². The van der Waals surface area contributed by atoms with Gasteiger partial charge in [0.1, 0.15) is 0 Å². The van der Waals surface area contributed by atoms with Crippen LogP contribution in [0.1, 0.15) is 16.5 Å². The zero-order valence-corrected chi connectivity index (χ0v) is 14.5. The van der Waals surface area contributed by atoms with Crippen molar-refractivity contribution in [1.29, 1.82) is 0 Å². The molecule has 0 amide bonds. The van der Waals surface area contributed by atoms with Crippen molar-refractivity contribution < 1.29 is 8.42 Å². The van der Waals surface area contributed by atoms with E-state index in [4.69, 9.17) is 0 Å². The molecule has 20 heavy (non-hydrogen) atoms. The van der Waals surface area contributed by atoms with Gasteiger partial charge in [0, 0.05) is 23.6 Å². The van der Waals surface area contributed by atoms with E-state index in [0.717, 1.165) is 15.8 Å². The molecule has 0 aliphatic heterocycles. The fourth-order valence-electron chi connectivity index (χ4n) is 2.00. The summed E-state index contributed by atoms with van der Waals surface area (Å²) in [7, 11) is -1.22. The van der Waals surface area contributed by atoms with E-state index >= 15 is 0 Å². The van der Waals surface area contributed by atoms with Gasteiger partial charge in [-0.1, -0.05) is 12.1 Å². The van der Waals surface area contributed by atoms with Crippen LogP contribution >= 0.6 is 27.3 Å². The number of sulfone groups is 1. The smallest absolute Gasteiger partial charge is 0.175 e. The van der Waals surface area contributed by atoms with Crippen molar-refractivity contribution >= 4 is 37.1 Å². The van der Waals surface area contributed by atoms with Crippen LogP contribution in [0.25, 0.3) is 0 Å². The molecule has 1 aromatic carbocycles. The summed E-state index contributed by atoms with van der Waals surface area (Å²) >= 11 is 5.18. The van der Waals surface area contributed by atoms with Crippen LogP contribution in [0.15, 0.2) is 45.1 Å². The second kappa shape index (κ2) is 6.39. The Kier molecular flexibility index (Phi) is 5.01. The number of rotatable bonds is 5. The van der Waals surface area contributed by atoms with E-state index in [0.29, 0.717) is 4.90 Å². The summed E-state index contributed by atoms with van der Waals surface area (Å²) in [5, 5.41) is 3.28. The molecule has 6 heteroatoms. The number of halogens is 1. The van der Waals surface area contributed by atoms with Gasteiger partial charge in [0.05, 0.1) is 8.68 Å². The van der Waals surface area contributed by atoms with Gasteiger partial charge < -0.3 is 5.32 Å². The van der Waals surface area contributed by atoms with Crippen LogP contribution in [-0.4, -0.2) is 21.7 Å². The van der Waals surface area contributed by atoms with Gasteiger partial charge in [-0.15, -0.1) is 11.3 Å². The first-order valence-electron chi connectivity index (χ1n) is 6.11. The number of hydrogen-bond acceptors (Lipinski definition) is 4. The summed E-state index contributed by atoms with van der Waals surface area (Å²) in [6, 6.07) is 11.4. The average Bonchev–Trinajstić information content (AvgIpc) is 2.81. The minimum Gasteiger partial charge on any atom is -0.313 e. The highest BCUT2D eigenvalue weighted by molar-refractivity contribution is 9.11. The predicted octanol–water partition coefficient (Wildman–Crippen LogP) is 3.42. The molecule has 0 aliphatic rings. The maximum atomic E-state index is 11.5. The van der Waals surface area contributed by atoms with Crippen molar-refractivity contribution in [3.8, 4) is 0 Å². The molecule has 0 spiro atoms. The average molecular weight is 374 g/mol. The van der Waals surface area contributed by atoms with E-state index in [9.17, 15) is 8.42 Å². The molecule has 0 bridgehead atoms. The number of benzene rings is 1. The number of nitrogens with one attached hydrogen (secondary N) is 1. The summed E-state index contributed by atoms with van der Waals surface area (Å²) in [5.41, 5.74) is 1.09. The van der Waals surface area contributed by atoms with Crippen molar-refractivity contribution in [2.75, 3.05) is 13.3 Å². The van der Waals surface area contributed by atoms with Crippen LogP contribution in [0.3, 0.4) is 0 Å². The molecule has 0 radical (unpaired) electrons. The first kappa shape index (κ1) is 15.7. The van der Waals surface area contributed by atoms with Crippen molar-refractivity contribution in [3.63, 3.8) is 0 Å². The zero-order valence-electron chi connectivity index (χ0n) is 11.3. The van der Waals surface area contributed by atoms with Gasteiger partial charge in [0.2, 0.25) is 0 Å².